The molecule has 1 saturated heterocycles. The molecule has 1 aromatic carbocycles. The Morgan fingerprint density at radius 1 is 1.26 bits per heavy atom. The van der Waals surface area contributed by atoms with Gasteiger partial charge in [0.1, 0.15) is 11.7 Å². The zero-order valence-electron chi connectivity index (χ0n) is 17.4. The summed E-state index contributed by atoms with van der Waals surface area (Å²) in [6, 6.07) is 6.15. The molecule has 0 unspecified atom stereocenters. The summed E-state index contributed by atoms with van der Waals surface area (Å²) in [7, 11) is 2.11. The number of nitrogens with zero attached hydrogens (tertiary/aromatic N) is 3. The lowest BCUT2D eigenvalue weighted by atomic mass is 9.97. The van der Waals surface area contributed by atoms with Gasteiger partial charge in [-0.25, -0.2) is 4.79 Å². The maximum atomic E-state index is 12.3. The van der Waals surface area contributed by atoms with Crippen molar-refractivity contribution in [2.45, 2.75) is 46.6 Å². The predicted molar refractivity (Wildman–Crippen MR) is 109 cm³/mol. The lowest BCUT2D eigenvalue weighted by molar-refractivity contribution is 0.0635. The summed E-state index contributed by atoms with van der Waals surface area (Å²) in [5.74, 6) is 0.428. The number of hydrogen-bond acceptors (Lipinski definition) is 5. The predicted octanol–water partition coefficient (Wildman–Crippen LogP) is 3.86. The zero-order chi connectivity index (χ0) is 20.2. The molecule has 148 valence electrons. The van der Waals surface area contributed by atoms with Gasteiger partial charge in [-0.15, -0.1) is 0 Å². The topological polar surface area (TPSA) is 68.6 Å². The Kier molecular flexibility index (Phi) is 6.72. The van der Waals surface area contributed by atoms with E-state index in [0.29, 0.717) is 17.2 Å². The molecule has 0 atom stereocenters. The normalized spacial score (nSPS) is 15.6. The van der Waals surface area contributed by atoms with Gasteiger partial charge in [0.2, 0.25) is 0 Å². The first-order chi connectivity index (χ1) is 12.6. The van der Waals surface area contributed by atoms with Crippen LogP contribution in [0.5, 0.6) is 0 Å². The summed E-state index contributed by atoms with van der Waals surface area (Å²) in [5.41, 5.74) is 2.66. The standard InChI is InChI=1S/C21H32N4O2/c1-15(2)11-16-13-19(25-9-7-24(6)8-10-25)17(14-22)12-18(16)23-20(26)27-21(3,4)5/h12-13,15H,7-11H2,1-6H3,(H,23,26). The van der Waals surface area contributed by atoms with Gasteiger partial charge in [-0.1, -0.05) is 13.8 Å². The molecule has 0 radical (unpaired) electrons. The minimum absolute atomic E-state index is 0.428. The average molecular weight is 373 g/mol. The summed E-state index contributed by atoms with van der Waals surface area (Å²) >= 11 is 0. The van der Waals surface area contributed by atoms with Crippen LogP contribution >= 0.6 is 0 Å². The van der Waals surface area contributed by atoms with Gasteiger partial charge in [0.05, 0.1) is 11.3 Å². The molecule has 6 heteroatoms. The minimum atomic E-state index is -0.569. The van der Waals surface area contributed by atoms with Gasteiger partial charge in [-0.3, -0.25) is 5.32 Å². The molecule has 1 amide bonds. The smallest absolute Gasteiger partial charge is 0.412 e. The van der Waals surface area contributed by atoms with E-state index >= 15 is 0 Å². The molecule has 1 aromatic rings. The van der Waals surface area contributed by atoms with Gasteiger partial charge in [0, 0.05) is 31.9 Å². The molecule has 0 bridgehead atoms. The molecule has 0 aliphatic carbocycles. The van der Waals surface area contributed by atoms with Crippen molar-refractivity contribution in [2.24, 2.45) is 5.92 Å². The molecule has 27 heavy (non-hydrogen) atoms. The number of likely N-dealkylation sites (N-methyl/N-ethyl adjacent to an activating group) is 1. The molecule has 6 nitrogen and oxygen atoms in total. The third-order valence-electron chi connectivity index (χ3n) is 4.45. The molecule has 1 fully saturated rings. The fourth-order valence-corrected chi connectivity index (χ4v) is 3.17. The number of ether oxygens (including phenoxy) is 1. The number of amides is 1. The number of carbonyl (C=O) groups excluding carboxylic acids is 1. The third-order valence-corrected chi connectivity index (χ3v) is 4.45. The molecular formula is C21H32N4O2. The van der Waals surface area contributed by atoms with E-state index < -0.39 is 11.7 Å². The van der Waals surface area contributed by atoms with E-state index in [-0.39, 0.29) is 0 Å². The van der Waals surface area contributed by atoms with Crippen LogP contribution in [0.1, 0.15) is 45.7 Å². The van der Waals surface area contributed by atoms with Crippen molar-refractivity contribution in [3.05, 3.63) is 23.3 Å². The second kappa shape index (κ2) is 8.62. The van der Waals surface area contributed by atoms with Gasteiger partial charge >= 0.3 is 6.09 Å². The fraction of sp³-hybridized carbons (Fsp3) is 0.619. The quantitative estimate of drug-likeness (QED) is 0.869. The van der Waals surface area contributed by atoms with Crippen molar-refractivity contribution in [3.63, 3.8) is 0 Å². The monoisotopic (exact) mass is 372 g/mol. The van der Waals surface area contributed by atoms with Gasteiger partial charge in [0.25, 0.3) is 0 Å². The molecule has 2 rings (SSSR count). The van der Waals surface area contributed by atoms with Crippen LogP contribution in [0, 0.1) is 17.2 Å². The largest absolute Gasteiger partial charge is 0.444 e. The van der Waals surface area contributed by atoms with Crippen molar-refractivity contribution in [3.8, 4) is 6.07 Å². The lowest BCUT2D eigenvalue weighted by Crippen LogP contribution is -2.44. The van der Waals surface area contributed by atoms with E-state index in [1.807, 2.05) is 20.8 Å². The van der Waals surface area contributed by atoms with E-state index in [1.54, 1.807) is 6.07 Å². The second-order valence-corrected chi connectivity index (χ2v) is 8.65. The molecule has 0 aromatic heterocycles. The van der Waals surface area contributed by atoms with Crippen LogP contribution in [0.15, 0.2) is 12.1 Å². The Morgan fingerprint density at radius 2 is 1.89 bits per heavy atom. The lowest BCUT2D eigenvalue weighted by Gasteiger charge is -2.35. The Bertz CT molecular complexity index is 708. The third kappa shape index (κ3) is 6.14. The molecule has 0 saturated carbocycles. The number of piperazine rings is 1. The number of anilines is 2. The summed E-state index contributed by atoms with van der Waals surface area (Å²) in [4.78, 5) is 16.8. The first-order valence-electron chi connectivity index (χ1n) is 9.59. The van der Waals surface area contributed by atoms with Crippen molar-refractivity contribution in [2.75, 3.05) is 43.4 Å². The van der Waals surface area contributed by atoms with Crippen LogP contribution in [-0.4, -0.2) is 49.8 Å². The van der Waals surface area contributed by atoms with Crippen molar-refractivity contribution in [1.29, 1.82) is 5.26 Å². The summed E-state index contributed by atoms with van der Waals surface area (Å²) in [6.45, 7) is 13.5. The van der Waals surface area contributed by atoms with Crippen molar-refractivity contribution < 1.29 is 9.53 Å². The van der Waals surface area contributed by atoms with Gasteiger partial charge in [-0.05, 0) is 57.9 Å². The highest BCUT2D eigenvalue weighted by molar-refractivity contribution is 5.87. The first-order valence-corrected chi connectivity index (χ1v) is 9.59. The number of nitrogens with one attached hydrogen (secondary N) is 1. The van der Waals surface area contributed by atoms with Crippen LogP contribution < -0.4 is 10.2 Å². The molecule has 1 heterocycles. The SMILES string of the molecule is CC(C)Cc1cc(N2CCN(C)CC2)c(C#N)cc1NC(=O)OC(C)(C)C. The second-order valence-electron chi connectivity index (χ2n) is 8.65. The van der Waals surface area contributed by atoms with E-state index in [1.165, 1.54) is 0 Å². The Hall–Kier alpha value is -2.26. The van der Waals surface area contributed by atoms with Crippen LogP contribution in [0.25, 0.3) is 0 Å². The molecular weight excluding hydrogens is 340 g/mol. The van der Waals surface area contributed by atoms with Crippen molar-refractivity contribution in [1.82, 2.24) is 4.90 Å². The fourth-order valence-electron chi connectivity index (χ4n) is 3.17. The maximum absolute atomic E-state index is 12.3. The van der Waals surface area contributed by atoms with Gasteiger partial charge < -0.3 is 14.5 Å². The average Bonchev–Trinajstić information content (AvgIpc) is 2.54. The highest BCUT2D eigenvalue weighted by atomic mass is 16.6. The van der Waals surface area contributed by atoms with Gasteiger partial charge in [0.15, 0.2) is 0 Å². The van der Waals surface area contributed by atoms with E-state index in [4.69, 9.17) is 4.74 Å². The Labute approximate surface area is 163 Å². The highest BCUT2D eigenvalue weighted by Crippen LogP contribution is 2.31. The molecule has 0 spiro atoms. The van der Waals surface area contributed by atoms with Crippen LogP contribution in [0.3, 0.4) is 0 Å². The summed E-state index contributed by atoms with van der Waals surface area (Å²) in [6.07, 6.45) is 0.321. The first kappa shape index (κ1) is 21.0. The van der Waals surface area contributed by atoms with E-state index in [2.05, 4.69) is 48.1 Å². The zero-order valence-corrected chi connectivity index (χ0v) is 17.4. The Balaban J connectivity index is 2.35. The number of hydrogen-bond donors (Lipinski definition) is 1. The summed E-state index contributed by atoms with van der Waals surface area (Å²) in [5, 5.41) is 12.5. The number of rotatable bonds is 4. The van der Waals surface area contributed by atoms with E-state index in [0.717, 1.165) is 43.9 Å². The number of nitriles is 1. The number of carbonyl (C=O) groups is 1. The van der Waals surface area contributed by atoms with Crippen LogP contribution in [-0.2, 0) is 11.2 Å². The maximum Gasteiger partial charge on any atom is 0.412 e. The van der Waals surface area contributed by atoms with Gasteiger partial charge in [-0.2, -0.15) is 5.26 Å². The minimum Gasteiger partial charge on any atom is -0.444 e. The van der Waals surface area contributed by atoms with Crippen LogP contribution in [0.4, 0.5) is 16.2 Å². The summed E-state index contributed by atoms with van der Waals surface area (Å²) < 4.78 is 5.38. The molecule has 1 aliphatic heterocycles. The van der Waals surface area contributed by atoms with Crippen molar-refractivity contribution >= 4 is 17.5 Å². The molecule has 1 N–H and O–H groups in total. The number of benzene rings is 1. The Morgan fingerprint density at radius 3 is 2.41 bits per heavy atom. The highest BCUT2D eigenvalue weighted by Gasteiger charge is 2.22. The van der Waals surface area contributed by atoms with E-state index in [9.17, 15) is 10.1 Å². The van der Waals surface area contributed by atoms with Crippen LogP contribution in [0.2, 0.25) is 0 Å². The molecule has 1 aliphatic rings.